The minimum Gasteiger partial charge on any atom is -0.399 e. The zero-order chi connectivity index (χ0) is 13.7. The summed E-state index contributed by atoms with van der Waals surface area (Å²) in [6, 6.07) is 5.67. The summed E-state index contributed by atoms with van der Waals surface area (Å²) in [4.78, 5) is 13.6. The van der Waals surface area contributed by atoms with E-state index in [0.717, 1.165) is 17.9 Å². The van der Waals surface area contributed by atoms with Crippen LogP contribution in [0.25, 0.3) is 0 Å². The Morgan fingerprint density at radius 2 is 2.17 bits per heavy atom. The van der Waals surface area contributed by atoms with E-state index in [1.807, 2.05) is 13.1 Å². The summed E-state index contributed by atoms with van der Waals surface area (Å²) in [6.07, 6.45) is 3.09. The van der Waals surface area contributed by atoms with Gasteiger partial charge in [-0.1, -0.05) is 6.92 Å². The SMILES string of the molecule is CCC(CSC)N(C)c1ccc(N)cc1C(N)=O. The molecule has 0 aromatic heterocycles. The van der Waals surface area contributed by atoms with Gasteiger partial charge in [-0.15, -0.1) is 0 Å². The summed E-state index contributed by atoms with van der Waals surface area (Å²) >= 11 is 1.79. The van der Waals surface area contributed by atoms with Crippen LogP contribution in [-0.4, -0.2) is 31.0 Å². The molecule has 0 aliphatic carbocycles. The molecule has 0 saturated heterocycles. The smallest absolute Gasteiger partial charge is 0.250 e. The molecule has 1 aromatic carbocycles. The highest BCUT2D eigenvalue weighted by Crippen LogP contribution is 2.25. The van der Waals surface area contributed by atoms with E-state index in [1.54, 1.807) is 23.9 Å². The van der Waals surface area contributed by atoms with Crippen LogP contribution in [0, 0.1) is 0 Å². The molecule has 1 atom stereocenters. The predicted molar refractivity (Wildman–Crippen MR) is 80.2 cm³/mol. The fourth-order valence-corrected chi connectivity index (χ4v) is 2.80. The van der Waals surface area contributed by atoms with Crippen LogP contribution in [0.2, 0.25) is 0 Å². The van der Waals surface area contributed by atoms with Crippen molar-refractivity contribution in [3.8, 4) is 0 Å². The molecule has 1 rings (SSSR count). The highest BCUT2D eigenvalue weighted by molar-refractivity contribution is 7.98. The van der Waals surface area contributed by atoms with Crippen LogP contribution in [0.4, 0.5) is 11.4 Å². The van der Waals surface area contributed by atoms with Crippen molar-refractivity contribution in [3.05, 3.63) is 23.8 Å². The van der Waals surface area contributed by atoms with Crippen molar-refractivity contribution in [3.63, 3.8) is 0 Å². The third-order valence-corrected chi connectivity index (χ3v) is 3.76. The lowest BCUT2D eigenvalue weighted by atomic mass is 10.1. The minimum atomic E-state index is -0.442. The Hall–Kier alpha value is -1.36. The van der Waals surface area contributed by atoms with Crippen molar-refractivity contribution in [2.24, 2.45) is 5.73 Å². The van der Waals surface area contributed by atoms with E-state index in [1.165, 1.54) is 0 Å². The van der Waals surface area contributed by atoms with Gasteiger partial charge in [0.2, 0.25) is 0 Å². The fraction of sp³-hybridized carbons (Fsp3) is 0.462. The Bertz CT molecular complexity index is 423. The lowest BCUT2D eigenvalue weighted by Crippen LogP contribution is -2.34. The number of carbonyl (C=O) groups is 1. The summed E-state index contributed by atoms with van der Waals surface area (Å²) in [5, 5.41) is 0. The largest absolute Gasteiger partial charge is 0.399 e. The van der Waals surface area contributed by atoms with Crippen molar-refractivity contribution >= 4 is 29.0 Å². The molecule has 5 heteroatoms. The van der Waals surface area contributed by atoms with Crippen LogP contribution in [0.3, 0.4) is 0 Å². The predicted octanol–water partition coefficient (Wildman–Crippen LogP) is 1.95. The van der Waals surface area contributed by atoms with Crippen LogP contribution in [-0.2, 0) is 0 Å². The number of thioether (sulfide) groups is 1. The number of amides is 1. The van der Waals surface area contributed by atoms with Crippen LogP contribution in [0.1, 0.15) is 23.7 Å². The third kappa shape index (κ3) is 3.32. The van der Waals surface area contributed by atoms with E-state index < -0.39 is 5.91 Å². The summed E-state index contributed by atoms with van der Waals surface area (Å²) in [7, 11) is 1.99. The Kier molecular flexibility index (Phi) is 5.34. The second kappa shape index (κ2) is 6.54. The van der Waals surface area contributed by atoms with Gasteiger partial charge in [0.15, 0.2) is 0 Å². The van der Waals surface area contributed by atoms with Gasteiger partial charge < -0.3 is 16.4 Å². The van der Waals surface area contributed by atoms with Crippen molar-refractivity contribution < 1.29 is 4.79 Å². The summed E-state index contributed by atoms with van der Waals surface area (Å²) in [6.45, 7) is 2.14. The number of hydrogen-bond acceptors (Lipinski definition) is 4. The molecule has 1 aromatic rings. The van der Waals surface area contributed by atoms with E-state index >= 15 is 0 Å². The molecule has 0 heterocycles. The Morgan fingerprint density at radius 1 is 1.50 bits per heavy atom. The van der Waals surface area contributed by atoms with Gasteiger partial charge in [-0.25, -0.2) is 0 Å². The molecule has 1 amide bonds. The van der Waals surface area contributed by atoms with Gasteiger partial charge in [0.25, 0.3) is 5.91 Å². The van der Waals surface area contributed by atoms with Crippen molar-refractivity contribution in [1.29, 1.82) is 0 Å². The van der Waals surface area contributed by atoms with Crippen LogP contribution >= 0.6 is 11.8 Å². The molecule has 18 heavy (non-hydrogen) atoms. The Balaban J connectivity index is 3.11. The second-order valence-corrected chi connectivity index (χ2v) is 5.18. The molecule has 4 N–H and O–H groups in total. The number of hydrogen-bond donors (Lipinski definition) is 2. The maximum atomic E-state index is 11.5. The monoisotopic (exact) mass is 267 g/mol. The molecule has 4 nitrogen and oxygen atoms in total. The number of carbonyl (C=O) groups excluding carboxylic acids is 1. The number of nitrogens with two attached hydrogens (primary N) is 2. The van der Waals surface area contributed by atoms with Crippen molar-refractivity contribution in [1.82, 2.24) is 0 Å². The van der Waals surface area contributed by atoms with Gasteiger partial charge in [-0.2, -0.15) is 11.8 Å². The van der Waals surface area contributed by atoms with E-state index in [0.29, 0.717) is 17.3 Å². The number of nitrogen functional groups attached to an aromatic ring is 1. The van der Waals surface area contributed by atoms with Gasteiger partial charge in [-0.05, 0) is 30.9 Å². The summed E-state index contributed by atoms with van der Waals surface area (Å²) in [5.74, 6) is 0.568. The first-order chi connectivity index (χ1) is 8.51. The van der Waals surface area contributed by atoms with E-state index in [4.69, 9.17) is 11.5 Å². The number of nitrogens with zero attached hydrogens (tertiary/aromatic N) is 1. The maximum Gasteiger partial charge on any atom is 0.250 e. The highest BCUT2D eigenvalue weighted by atomic mass is 32.2. The van der Waals surface area contributed by atoms with Gasteiger partial charge >= 0.3 is 0 Å². The molecule has 0 bridgehead atoms. The highest BCUT2D eigenvalue weighted by Gasteiger charge is 2.18. The summed E-state index contributed by atoms with van der Waals surface area (Å²) < 4.78 is 0. The topological polar surface area (TPSA) is 72.3 Å². The van der Waals surface area contributed by atoms with Crippen LogP contribution in [0.5, 0.6) is 0 Å². The lowest BCUT2D eigenvalue weighted by Gasteiger charge is -2.30. The fourth-order valence-electron chi connectivity index (χ4n) is 1.95. The van der Waals surface area contributed by atoms with Gasteiger partial charge in [0.1, 0.15) is 0 Å². The first kappa shape index (κ1) is 14.7. The number of anilines is 2. The summed E-state index contributed by atoms with van der Waals surface area (Å²) in [5.41, 5.74) is 13.0. The van der Waals surface area contributed by atoms with E-state index in [2.05, 4.69) is 18.1 Å². The van der Waals surface area contributed by atoms with Crippen molar-refractivity contribution in [2.75, 3.05) is 29.7 Å². The van der Waals surface area contributed by atoms with Crippen LogP contribution in [0.15, 0.2) is 18.2 Å². The zero-order valence-corrected chi connectivity index (χ0v) is 12.0. The molecule has 0 spiro atoms. The van der Waals surface area contributed by atoms with E-state index in [9.17, 15) is 4.79 Å². The Morgan fingerprint density at radius 3 is 2.67 bits per heavy atom. The average molecular weight is 267 g/mol. The average Bonchev–Trinajstić information content (AvgIpc) is 2.35. The number of benzene rings is 1. The zero-order valence-electron chi connectivity index (χ0n) is 11.1. The molecule has 0 fully saturated rings. The van der Waals surface area contributed by atoms with Crippen LogP contribution < -0.4 is 16.4 Å². The number of primary amides is 1. The quantitative estimate of drug-likeness (QED) is 0.773. The molecule has 0 saturated carbocycles. The normalized spacial score (nSPS) is 12.2. The second-order valence-electron chi connectivity index (χ2n) is 4.27. The lowest BCUT2D eigenvalue weighted by molar-refractivity contribution is 0.100. The van der Waals surface area contributed by atoms with Gasteiger partial charge in [-0.3, -0.25) is 4.79 Å². The van der Waals surface area contributed by atoms with Crippen molar-refractivity contribution in [2.45, 2.75) is 19.4 Å². The van der Waals surface area contributed by atoms with Gasteiger partial charge in [0.05, 0.1) is 5.56 Å². The first-order valence-corrected chi connectivity index (χ1v) is 7.31. The molecule has 1 unspecified atom stereocenters. The maximum absolute atomic E-state index is 11.5. The minimum absolute atomic E-state index is 0.377. The molecule has 0 radical (unpaired) electrons. The standard InChI is InChI=1S/C13H21N3OS/c1-4-10(8-18-3)16(2)12-6-5-9(14)7-11(12)13(15)17/h5-7,10H,4,8,14H2,1-3H3,(H2,15,17). The van der Waals surface area contributed by atoms with E-state index in [-0.39, 0.29) is 0 Å². The first-order valence-electron chi connectivity index (χ1n) is 5.92. The molecule has 0 aliphatic heterocycles. The molecule has 100 valence electrons. The molecular weight excluding hydrogens is 246 g/mol. The molecular formula is C13H21N3OS. The van der Waals surface area contributed by atoms with Gasteiger partial charge in [0, 0.05) is 30.2 Å². The number of rotatable bonds is 6. The molecule has 0 aliphatic rings. The third-order valence-electron chi connectivity index (χ3n) is 3.04. The Labute approximate surface area is 113 Å².